The average molecular weight is 923 g/mol. The molecule has 4 aromatic carbocycles. The van der Waals surface area contributed by atoms with E-state index >= 15 is 0 Å². The highest BCUT2D eigenvalue weighted by Gasteiger charge is 2.18. The Morgan fingerprint density at radius 2 is 1.00 bits per heavy atom. The summed E-state index contributed by atoms with van der Waals surface area (Å²) in [7, 11) is 10.8. The molecule has 0 unspecified atom stereocenters. The minimum absolute atomic E-state index is 0.122. The zero-order valence-corrected chi connectivity index (χ0v) is 39.9. The van der Waals surface area contributed by atoms with Crippen LogP contribution in [0.25, 0.3) is 0 Å². The summed E-state index contributed by atoms with van der Waals surface area (Å²) in [6.07, 6.45) is 3.46. The summed E-state index contributed by atoms with van der Waals surface area (Å²) in [6, 6.07) is 32.9. The summed E-state index contributed by atoms with van der Waals surface area (Å²) in [5, 5.41) is 18.8. The van der Waals surface area contributed by atoms with Crippen LogP contribution in [0.3, 0.4) is 0 Å². The highest BCUT2D eigenvalue weighted by Crippen LogP contribution is 2.35. The summed E-state index contributed by atoms with van der Waals surface area (Å²) < 4.78 is 16.7. The third kappa shape index (κ3) is 13.0. The molecule has 2 fully saturated rings. The summed E-state index contributed by atoms with van der Waals surface area (Å²) in [4.78, 5) is 41.8. The largest absolute Gasteiger partial charge is 0.495 e. The molecule has 68 heavy (non-hydrogen) atoms. The monoisotopic (exact) mass is 922 g/mol. The molecule has 8 rings (SSSR count). The molecule has 2 saturated heterocycles. The lowest BCUT2D eigenvalue weighted by Gasteiger charge is -2.34. The first-order valence-electron chi connectivity index (χ1n) is 22.5. The quantitative estimate of drug-likeness (QED) is 0.0585. The molecule has 2 aliphatic heterocycles. The number of methoxy groups -OCH3 is 3. The molecule has 356 valence electrons. The number of rotatable bonds is 15. The molecule has 2 amide bonds. The predicted octanol–water partition coefficient (Wildman–Crippen LogP) is 7.99. The maximum atomic E-state index is 11.9. The molecule has 2 aromatic heterocycles. The van der Waals surface area contributed by atoms with Crippen LogP contribution < -0.4 is 55.9 Å². The second-order valence-corrected chi connectivity index (χ2v) is 16.5. The van der Waals surface area contributed by atoms with Gasteiger partial charge in [0.1, 0.15) is 28.9 Å². The summed E-state index contributed by atoms with van der Waals surface area (Å²) in [5.74, 6) is 3.20. The van der Waals surface area contributed by atoms with Gasteiger partial charge in [0, 0.05) is 143 Å². The fourth-order valence-corrected chi connectivity index (χ4v) is 7.81. The van der Waals surface area contributed by atoms with Crippen molar-refractivity contribution in [1.29, 1.82) is 0 Å². The van der Waals surface area contributed by atoms with Crippen LogP contribution in [0.1, 0.15) is 17.3 Å². The number of hydrogen-bond donors (Lipinski definition) is 6. The number of nitrogens with zero attached hydrogens (tertiary/aromatic N) is 6. The number of aromatic nitrogens is 2. The fourth-order valence-electron chi connectivity index (χ4n) is 7.81. The number of amides is 2. The maximum absolute atomic E-state index is 11.9. The number of hydrogen-bond acceptors (Lipinski definition) is 15. The van der Waals surface area contributed by atoms with Crippen molar-refractivity contribution in [3.05, 3.63) is 121 Å². The van der Waals surface area contributed by atoms with Crippen LogP contribution in [0, 0.1) is 0 Å². The van der Waals surface area contributed by atoms with E-state index in [0.29, 0.717) is 28.6 Å². The van der Waals surface area contributed by atoms with Gasteiger partial charge >= 0.3 is 0 Å². The van der Waals surface area contributed by atoms with Crippen molar-refractivity contribution < 1.29 is 23.8 Å². The van der Waals surface area contributed by atoms with Crippen molar-refractivity contribution in [3.63, 3.8) is 0 Å². The number of likely N-dealkylation sites (N-methyl/N-ethyl adjacent to an activating group) is 2. The topological polar surface area (TPSA) is 173 Å². The lowest BCUT2D eigenvalue weighted by Crippen LogP contribution is -2.44. The third-order valence-corrected chi connectivity index (χ3v) is 11.6. The summed E-state index contributed by atoms with van der Waals surface area (Å²) >= 11 is 0. The number of ether oxygens (including phenoxy) is 3. The van der Waals surface area contributed by atoms with Crippen molar-refractivity contribution in [3.8, 4) is 17.2 Å². The summed E-state index contributed by atoms with van der Waals surface area (Å²) in [5.41, 5.74) is 8.52. The number of carbonyl (C=O) groups excluding carboxylic acids is 2. The molecule has 17 heteroatoms. The predicted molar refractivity (Wildman–Crippen MR) is 274 cm³/mol. The van der Waals surface area contributed by atoms with Crippen molar-refractivity contribution in [2.75, 3.05) is 131 Å². The lowest BCUT2D eigenvalue weighted by atomic mass is 10.2. The average Bonchev–Trinajstić information content (AvgIpc) is 3.35. The minimum Gasteiger partial charge on any atom is -0.495 e. The van der Waals surface area contributed by atoms with E-state index in [0.717, 1.165) is 109 Å². The Kier molecular flexibility index (Phi) is 16.4. The highest BCUT2D eigenvalue weighted by atomic mass is 16.5. The minimum atomic E-state index is -0.163. The molecule has 6 N–H and O–H groups in total. The van der Waals surface area contributed by atoms with E-state index in [4.69, 9.17) is 14.2 Å². The Morgan fingerprint density at radius 3 is 1.47 bits per heavy atom. The molecule has 0 aliphatic carbocycles. The molecule has 0 bridgehead atoms. The fraction of sp³-hybridized carbons (Fsp3) is 0.294. The molecule has 0 saturated carbocycles. The number of benzene rings is 4. The van der Waals surface area contributed by atoms with E-state index in [-0.39, 0.29) is 11.8 Å². The first-order chi connectivity index (χ1) is 33.0. The number of nitrogens with one attached hydrogen (secondary N) is 6. The van der Waals surface area contributed by atoms with Crippen LogP contribution in [0.5, 0.6) is 17.2 Å². The molecule has 0 spiro atoms. The van der Waals surface area contributed by atoms with Crippen molar-refractivity contribution in [2.45, 2.75) is 6.92 Å². The van der Waals surface area contributed by atoms with E-state index in [1.54, 1.807) is 52.9 Å². The number of carbonyl (C=O) groups is 2. The van der Waals surface area contributed by atoms with Crippen LogP contribution in [-0.4, -0.2) is 126 Å². The zero-order chi connectivity index (χ0) is 48.0. The lowest BCUT2D eigenvalue weighted by molar-refractivity contribution is -0.114. The van der Waals surface area contributed by atoms with Crippen LogP contribution in [0.4, 0.5) is 62.8 Å². The van der Waals surface area contributed by atoms with E-state index in [2.05, 4.69) is 99.8 Å². The summed E-state index contributed by atoms with van der Waals surface area (Å²) in [6.45, 7) is 9.67. The molecular weight excluding hydrogens is 861 g/mol. The maximum Gasteiger partial charge on any atom is 0.251 e. The second kappa shape index (κ2) is 23.1. The number of pyridine rings is 2. The Morgan fingerprint density at radius 1 is 0.515 bits per heavy atom. The van der Waals surface area contributed by atoms with Crippen LogP contribution in [0.2, 0.25) is 0 Å². The molecule has 17 nitrogen and oxygen atoms in total. The van der Waals surface area contributed by atoms with E-state index in [9.17, 15) is 9.59 Å². The standard InChI is InChI=1S/C26H32N6O3.C25H30N6O2/c1-18(33)28-23-15-19(5-8-24(23)34-3)29-20-9-10-27-26(16-20)30-22-7-6-21(17-25(22)35-4)32-13-11-31(2)12-14-32;1-26-25(32)18-5-4-6-19(15-18)28-20-9-10-27-24(16-20)29-22-8-7-21(17-23(22)33-3)31-13-11-30(2)12-14-31/h5-10,15-17H,11-14H2,1-4H3,(H,28,33)(H2,27,29,30);4-10,15-17H,11-14H2,1-3H3,(H,26,32)(H2,27,28,29). The molecule has 0 radical (unpaired) electrons. The first-order valence-corrected chi connectivity index (χ1v) is 22.5. The highest BCUT2D eigenvalue weighted by molar-refractivity contribution is 5.95. The number of anilines is 11. The molecular formula is C51H62N12O5. The zero-order valence-electron chi connectivity index (χ0n) is 39.9. The van der Waals surface area contributed by atoms with Gasteiger partial charge in [-0.1, -0.05) is 6.07 Å². The van der Waals surface area contributed by atoms with Crippen molar-refractivity contribution >= 4 is 74.6 Å². The molecule has 6 aromatic rings. The van der Waals surface area contributed by atoms with Gasteiger partial charge in [0.2, 0.25) is 5.91 Å². The second-order valence-electron chi connectivity index (χ2n) is 16.5. The third-order valence-electron chi connectivity index (χ3n) is 11.6. The van der Waals surface area contributed by atoms with Gasteiger partial charge in [-0.05, 0) is 86.9 Å². The van der Waals surface area contributed by atoms with Gasteiger partial charge in [-0.15, -0.1) is 0 Å². The Balaban J connectivity index is 0.000000202. The Bertz CT molecular complexity index is 2650. The van der Waals surface area contributed by atoms with Gasteiger partial charge in [-0.25, -0.2) is 9.97 Å². The van der Waals surface area contributed by atoms with Crippen LogP contribution >= 0.6 is 0 Å². The van der Waals surface area contributed by atoms with E-state index < -0.39 is 0 Å². The number of piperazine rings is 2. The molecule has 0 atom stereocenters. The van der Waals surface area contributed by atoms with Crippen molar-refractivity contribution in [1.82, 2.24) is 25.1 Å². The molecule has 4 heterocycles. The normalized spacial score (nSPS) is 13.9. The van der Waals surface area contributed by atoms with Gasteiger partial charge in [-0.3, -0.25) is 9.59 Å². The van der Waals surface area contributed by atoms with Crippen LogP contribution in [0.15, 0.2) is 116 Å². The smallest absolute Gasteiger partial charge is 0.251 e. The Labute approximate surface area is 398 Å². The van der Waals surface area contributed by atoms with E-state index in [1.165, 1.54) is 6.92 Å². The molecule has 2 aliphatic rings. The van der Waals surface area contributed by atoms with Gasteiger partial charge in [0.05, 0.1) is 38.4 Å². The Hall–Kier alpha value is -7.76. The first kappa shape index (κ1) is 48.2. The van der Waals surface area contributed by atoms with Gasteiger partial charge in [0.15, 0.2) is 0 Å². The SMILES string of the molecule is CNC(=O)c1cccc(Nc2ccnc(Nc3ccc(N4CCN(C)CC4)cc3OC)c2)c1.COc1ccc(Nc2ccnc(Nc3ccc(N4CCN(C)CC4)cc3OC)c2)cc1NC(C)=O. The van der Waals surface area contributed by atoms with Gasteiger partial charge in [0.25, 0.3) is 5.91 Å². The van der Waals surface area contributed by atoms with Gasteiger partial charge < -0.3 is 65.7 Å². The van der Waals surface area contributed by atoms with Gasteiger partial charge in [-0.2, -0.15) is 0 Å². The van der Waals surface area contributed by atoms with E-state index in [1.807, 2.05) is 66.7 Å². The van der Waals surface area contributed by atoms with Crippen molar-refractivity contribution in [2.24, 2.45) is 0 Å². The van der Waals surface area contributed by atoms with Crippen LogP contribution in [-0.2, 0) is 4.79 Å².